The first-order chi connectivity index (χ1) is 13.4. The van der Waals surface area contributed by atoms with Crippen LogP contribution in [0.3, 0.4) is 0 Å². The first-order valence-corrected chi connectivity index (χ1v) is 10.4. The molecule has 2 aromatic carbocycles. The molecular weight excluding hydrogens is 379 g/mol. The van der Waals surface area contributed by atoms with Crippen LogP contribution in [0.15, 0.2) is 53.4 Å². The summed E-state index contributed by atoms with van der Waals surface area (Å²) in [5.41, 5.74) is 2.53. The van der Waals surface area contributed by atoms with Gasteiger partial charge in [0.1, 0.15) is 5.82 Å². The van der Waals surface area contributed by atoms with Crippen LogP contribution in [0, 0.1) is 12.7 Å². The molecule has 0 saturated carbocycles. The number of para-hydroxylation sites is 1. The lowest BCUT2D eigenvalue weighted by molar-refractivity contribution is 0.598. The average molecular weight is 398 g/mol. The third kappa shape index (κ3) is 3.20. The molecule has 2 heterocycles. The van der Waals surface area contributed by atoms with Crippen molar-refractivity contribution in [2.75, 3.05) is 4.72 Å². The Bertz CT molecular complexity index is 1280. The summed E-state index contributed by atoms with van der Waals surface area (Å²) in [5, 5.41) is 5.98. The van der Waals surface area contributed by atoms with Crippen molar-refractivity contribution in [3.63, 3.8) is 0 Å². The number of benzene rings is 2. The molecule has 0 unspecified atom stereocenters. The maximum absolute atomic E-state index is 13.1. The summed E-state index contributed by atoms with van der Waals surface area (Å²) in [6.07, 6.45) is 0.828. The van der Waals surface area contributed by atoms with Gasteiger partial charge in [-0.05, 0) is 49.2 Å². The van der Waals surface area contributed by atoms with Crippen molar-refractivity contribution in [1.29, 1.82) is 0 Å². The highest BCUT2D eigenvalue weighted by molar-refractivity contribution is 7.92. The van der Waals surface area contributed by atoms with Gasteiger partial charge in [-0.3, -0.25) is 4.72 Å². The molecule has 0 aliphatic heterocycles. The van der Waals surface area contributed by atoms with Crippen LogP contribution in [0.25, 0.3) is 21.9 Å². The smallest absolute Gasteiger partial charge is 0.261 e. The van der Waals surface area contributed by atoms with E-state index in [4.69, 9.17) is 4.98 Å². The molecule has 0 atom stereocenters. The molecule has 0 aliphatic carbocycles. The van der Waals surface area contributed by atoms with Crippen molar-refractivity contribution < 1.29 is 12.8 Å². The molecule has 0 bridgehead atoms. The predicted octanol–water partition coefficient (Wildman–Crippen LogP) is 4.24. The fourth-order valence-corrected chi connectivity index (χ4v) is 4.19. The number of hydrogen-bond acceptors (Lipinski definition) is 4. The molecule has 2 aromatic heterocycles. The second-order valence-corrected chi connectivity index (χ2v) is 8.32. The first kappa shape index (κ1) is 18.4. The van der Waals surface area contributed by atoms with E-state index in [1.807, 2.05) is 38.1 Å². The van der Waals surface area contributed by atoms with E-state index in [9.17, 15) is 12.8 Å². The lowest BCUT2D eigenvalue weighted by atomic mass is 10.1. The Kier molecular flexibility index (Phi) is 4.50. The maximum atomic E-state index is 13.1. The monoisotopic (exact) mass is 398 g/mol. The summed E-state index contributed by atoms with van der Waals surface area (Å²) in [6.45, 7) is 4.61. The van der Waals surface area contributed by atoms with Crippen LogP contribution < -0.4 is 4.72 Å². The summed E-state index contributed by atoms with van der Waals surface area (Å²) in [7, 11) is -3.90. The Labute approximate surface area is 162 Å². The fraction of sp³-hybridized carbons (Fsp3) is 0.200. The van der Waals surface area contributed by atoms with Crippen molar-refractivity contribution >= 4 is 37.8 Å². The lowest BCUT2D eigenvalue weighted by Gasteiger charge is -2.06. The summed E-state index contributed by atoms with van der Waals surface area (Å²) in [4.78, 5) is 4.72. The Morgan fingerprint density at radius 2 is 1.89 bits per heavy atom. The summed E-state index contributed by atoms with van der Waals surface area (Å²) in [6, 6.07) is 12.4. The molecule has 0 aliphatic rings. The topological polar surface area (TPSA) is 76.9 Å². The molecule has 4 rings (SSSR count). The second kappa shape index (κ2) is 6.87. The number of nitrogens with zero attached hydrogens (tertiary/aromatic N) is 3. The van der Waals surface area contributed by atoms with Crippen molar-refractivity contribution in [3.8, 4) is 0 Å². The van der Waals surface area contributed by atoms with Crippen molar-refractivity contribution in [1.82, 2.24) is 14.8 Å². The third-order valence-corrected chi connectivity index (χ3v) is 5.89. The molecule has 144 valence electrons. The number of fused-ring (bicyclic) bond motifs is 2. The lowest BCUT2D eigenvalue weighted by Crippen LogP contribution is -2.14. The van der Waals surface area contributed by atoms with Gasteiger partial charge in [-0.1, -0.05) is 25.1 Å². The number of nitrogens with one attached hydrogen (secondary N) is 1. The average Bonchev–Trinajstić information content (AvgIpc) is 2.97. The second-order valence-electron chi connectivity index (χ2n) is 6.64. The van der Waals surface area contributed by atoms with Gasteiger partial charge in [0.15, 0.2) is 11.5 Å². The van der Waals surface area contributed by atoms with Gasteiger partial charge in [0.05, 0.1) is 15.8 Å². The Balaban J connectivity index is 1.87. The van der Waals surface area contributed by atoms with Gasteiger partial charge in [-0.2, -0.15) is 5.10 Å². The molecule has 28 heavy (non-hydrogen) atoms. The van der Waals surface area contributed by atoms with Gasteiger partial charge in [0, 0.05) is 11.9 Å². The van der Waals surface area contributed by atoms with Crippen molar-refractivity contribution in [3.05, 3.63) is 59.9 Å². The zero-order valence-electron chi connectivity index (χ0n) is 15.5. The molecule has 0 fully saturated rings. The number of anilines is 1. The number of rotatable bonds is 5. The van der Waals surface area contributed by atoms with Crippen molar-refractivity contribution in [2.45, 2.75) is 31.7 Å². The molecule has 4 aromatic rings. The van der Waals surface area contributed by atoms with E-state index in [-0.39, 0.29) is 10.7 Å². The summed E-state index contributed by atoms with van der Waals surface area (Å²) in [5.74, 6) is -0.286. The highest BCUT2D eigenvalue weighted by Crippen LogP contribution is 2.29. The van der Waals surface area contributed by atoms with Crippen LogP contribution >= 0.6 is 0 Å². The molecule has 0 saturated heterocycles. The Morgan fingerprint density at radius 1 is 1.14 bits per heavy atom. The molecule has 8 heteroatoms. The summed E-state index contributed by atoms with van der Waals surface area (Å²) < 4.78 is 42.9. The van der Waals surface area contributed by atoms with E-state index < -0.39 is 15.8 Å². The predicted molar refractivity (Wildman–Crippen MR) is 107 cm³/mol. The zero-order chi connectivity index (χ0) is 19.9. The number of aromatic nitrogens is 3. The van der Waals surface area contributed by atoms with Gasteiger partial charge in [0.2, 0.25) is 0 Å². The fourth-order valence-electron chi connectivity index (χ4n) is 3.17. The van der Waals surface area contributed by atoms with E-state index in [2.05, 4.69) is 9.82 Å². The van der Waals surface area contributed by atoms with Gasteiger partial charge in [0.25, 0.3) is 10.0 Å². The minimum Gasteiger partial charge on any atom is -0.261 e. The summed E-state index contributed by atoms with van der Waals surface area (Å²) >= 11 is 0. The molecule has 0 radical (unpaired) electrons. The van der Waals surface area contributed by atoms with Gasteiger partial charge in [-0.25, -0.2) is 22.5 Å². The van der Waals surface area contributed by atoms with Crippen LogP contribution in [0.5, 0.6) is 0 Å². The molecule has 0 amide bonds. The number of halogens is 1. The number of pyridine rings is 1. The Morgan fingerprint density at radius 3 is 2.61 bits per heavy atom. The Hall–Kier alpha value is -3.00. The molecule has 1 N–H and O–H groups in total. The van der Waals surface area contributed by atoms with Crippen LogP contribution in [0.4, 0.5) is 10.2 Å². The van der Waals surface area contributed by atoms with E-state index >= 15 is 0 Å². The van der Waals surface area contributed by atoms with Gasteiger partial charge >= 0.3 is 0 Å². The van der Waals surface area contributed by atoms with Crippen LogP contribution in [-0.4, -0.2) is 23.2 Å². The maximum Gasteiger partial charge on any atom is 0.263 e. The minimum atomic E-state index is -3.90. The quantitative estimate of drug-likeness (QED) is 0.545. The number of sulfonamides is 1. The molecule has 6 nitrogen and oxygen atoms in total. The van der Waals surface area contributed by atoms with Gasteiger partial charge in [-0.15, -0.1) is 0 Å². The standard InChI is InChI=1S/C20H19FN4O2S/c1-3-11-25-20-17(12-14-6-4-5-13(2)18(14)22-20)19(23-25)24-28(26,27)16-9-7-15(21)8-10-16/h4-10,12H,3,11H2,1-2H3,(H,23,24). The largest absolute Gasteiger partial charge is 0.263 e. The third-order valence-electron chi connectivity index (χ3n) is 4.54. The van der Waals surface area contributed by atoms with Crippen LogP contribution in [0.2, 0.25) is 0 Å². The van der Waals surface area contributed by atoms with E-state index in [0.717, 1.165) is 35.0 Å². The molecule has 0 spiro atoms. The van der Waals surface area contributed by atoms with E-state index in [0.29, 0.717) is 17.6 Å². The minimum absolute atomic E-state index is 0.0308. The first-order valence-electron chi connectivity index (χ1n) is 8.94. The van der Waals surface area contributed by atoms with Gasteiger partial charge < -0.3 is 0 Å². The van der Waals surface area contributed by atoms with E-state index in [1.54, 1.807) is 4.68 Å². The molecular formula is C20H19FN4O2S. The number of aryl methyl sites for hydroxylation is 2. The highest BCUT2D eigenvalue weighted by atomic mass is 32.2. The number of hydrogen-bond donors (Lipinski definition) is 1. The normalized spacial score (nSPS) is 12.0. The van der Waals surface area contributed by atoms with Crippen LogP contribution in [-0.2, 0) is 16.6 Å². The van der Waals surface area contributed by atoms with Crippen molar-refractivity contribution in [2.24, 2.45) is 0 Å². The van der Waals surface area contributed by atoms with E-state index in [1.165, 1.54) is 12.1 Å². The SMILES string of the molecule is CCCn1nc(NS(=O)(=O)c2ccc(F)cc2)c2cc3cccc(C)c3nc21. The highest BCUT2D eigenvalue weighted by Gasteiger charge is 2.20. The zero-order valence-corrected chi connectivity index (χ0v) is 16.3. The van der Waals surface area contributed by atoms with Crippen LogP contribution in [0.1, 0.15) is 18.9 Å².